The zero-order chi connectivity index (χ0) is 66.1. The smallest absolute Gasteiger partial charge is 0.306 e. The van der Waals surface area contributed by atoms with Gasteiger partial charge in [0, 0.05) is 12.8 Å². The first-order chi connectivity index (χ1) is 44.6. The van der Waals surface area contributed by atoms with Crippen LogP contribution in [0.25, 0.3) is 0 Å². The van der Waals surface area contributed by atoms with Crippen molar-refractivity contribution >= 4 is 17.9 Å². The number of carboxylic acid groups (broad SMARTS) is 1. The van der Waals surface area contributed by atoms with E-state index in [-0.39, 0.29) is 32.2 Å². The predicted octanol–water partition coefficient (Wildman–Crippen LogP) is 23.0. The van der Waals surface area contributed by atoms with Gasteiger partial charge in [-0.1, -0.05) is 336 Å². The minimum absolute atomic E-state index is 0.145. The van der Waals surface area contributed by atoms with Crippen molar-refractivity contribution in [1.29, 1.82) is 0 Å². The number of quaternary nitrogens is 1. The molecule has 0 fully saturated rings. The third-order valence-electron chi connectivity index (χ3n) is 16.8. The van der Waals surface area contributed by atoms with Crippen LogP contribution in [0.15, 0.2) is 97.2 Å². The van der Waals surface area contributed by atoms with E-state index >= 15 is 0 Å². The van der Waals surface area contributed by atoms with E-state index in [4.69, 9.17) is 18.9 Å². The van der Waals surface area contributed by atoms with Gasteiger partial charge in [-0.15, -0.1) is 0 Å². The summed E-state index contributed by atoms with van der Waals surface area (Å²) in [6, 6.07) is 0. The quantitative estimate of drug-likeness (QED) is 0.0195. The van der Waals surface area contributed by atoms with Gasteiger partial charge in [-0.2, -0.15) is 0 Å². The number of carboxylic acids is 1. The van der Waals surface area contributed by atoms with Crippen LogP contribution in [-0.4, -0.2) is 82.3 Å². The summed E-state index contributed by atoms with van der Waals surface area (Å²) < 4.78 is 22.8. The van der Waals surface area contributed by atoms with Gasteiger partial charge in [0.2, 0.25) is 0 Å². The summed E-state index contributed by atoms with van der Waals surface area (Å²) in [5.41, 5.74) is 0. The molecule has 0 saturated carbocycles. The van der Waals surface area contributed by atoms with E-state index in [1.54, 1.807) is 0 Å². The first-order valence-corrected chi connectivity index (χ1v) is 38.4. The van der Waals surface area contributed by atoms with Crippen LogP contribution in [0.2, 0.25) is 0 Å². The Hall–Kier alpha value is -3.79. The molecule has 0 aliphatic carbocycles. The Labute approximate surface area is 562 Å². The first kappa shape index (κ1) is 87.2. The summed E-state index contributed by atoms with van der Waals surface area (Å²) >= 11 is 0. The van der Waals surface area contributed by atoms with Crippen LogP contribution in [-0.2, 0) is 33.3 Å². The number of hydrogen-bond acceptors (Lipinski definition) is 8. The second-order valence-electron chi connectivity index (χ2n) is 26.9. The van der Waals surface area contributed by atoms with E-state index < -0.39 is 24.3 Å². The maximum Gasteiger partial charge on any atom is 0.306 e. The summed E-state index contributed by atoms with van der Waals surface area (Å²) in [6.45, 7) is 4.66. The highest BCUT2D eigenvalue weighted by molar-refractivity contribution is 5.70. The lowest BCUT2D eigenvalue weighted by Crippen LogP contribution is -2.44. The normalized spacial score (nSPS) is 13.2. The van der Waals surface area contributed by atoms with Crippen molar-refractivity contribution in [2.45, 2.75) is 360 Å². The minimum Gasteiger partial charge on any atom is -0.545 e. The Bertz CT molecular complexity index is 1820. The highest BCUT2D eigenvalue weighted by Gasteiger charge is 2.22. The van der Waals surface area contributed by atoms with Crippen LogP contribution in [0.4, 0.5) is 0 Å². The topological polar surface area (TPSA) is 111 Å². The number of hydrogen-bond donors (Lipinski definition) is 0. The van der Waals surface area contributed by atoms with Gasteiger partial charge >= 0.3 is 11.9 Å². The third-order valence-corrected chi connectivity index (χ3v) is 16.8. The molecular weight excluding hydrogens is 1130 g/mol. The number of allylic oxidation sites excluding steroid dienone is 16. The highest BCUT2D eigenvalue weighted by Crippen LogP contribution is 2.18. The van der Waals surface area contributed by atoms with Crippen molar-refractivity contribution in [3.05, 3.63) is 97.2 Å². The van der Waals surface area contributed by atoms with Crippen LogP contribution in [0.5, 0.6) is 0 Å². The maximum absolute atomic E-state index is 13.0. The number of carbonyl (C=O) groups is 3. The molecule has 0 aliphatic heterocycles. The van der Waals surface area contributed by atoms with Crippen molar-refractivity contribution in [3.63, 3.8) is 0 Å². The molecule has 0 aromatic heterocycles. The van der Waals surface area contributed by atoms with Crippen molar-refractivity contribution < 1.29 is 42.9 Å². The highest BCUT2D eigenvalue weighted by atomic mass is 16.7. The Kier molecular flexibility index (Phi) is 69.0. The van der Waals surface area contributed by atoms with E-state index in [2.05, 4.69) is 111 Å². The molecule has 0 saturated heterocycles. The predicted molar refractivity (Wildman–Crippen MR) is 389 cm³/mol. The lowest BCUT2D eigenvalue weighted by Gasteiger charge is -2.26. The lowest BCUT2D eigenvalue weighted by atomic mass is 10.0. The Morgan fingerprint density at radius 2 is 0.626 bits per heavy atom. The van der Waals surface area contributed by atoms with Gasteiger partial charge in [0.05, 0.1) is 40.3 Å². The number of aliphatic carboxylic acids is 1. The average molecular weight is 1270 g/mol. The molecule has 0 rings (SSSR count). The number of esters is 2. The van der Waals surface area contributed by atoms with Crippen LogP contribution in [0.1, 0.15) is 348 Å². The molecule has 9 heteroatoms. The summed E-state index contributed by atoms with van der Waals surface area (Å²) in [6.07, 6.45) is 96.6. The number of nitrogens with zero attached hydrogens (tertiary/aromatic N) is 1. The largest absolute Gasteiger partial charge is 0.545 e. The molecule has 9 nitrogen and oxygen atoms in total. The third kappa shape index (κ3) is 73.5. The van der Waals surface area contributed by atoms with Gasteiger partial charge in [0.25, 0.3) is 0 Å². The van der Waals surface area contributed by atoms with Crippen molar-refractivity contribution in [1.82, 2.24) is 0 Å². The Morgan fingerprint density at radius 3 is 0.934 bits per heavy atom. The number of carbonyl (C=O) groups excluding carboxylic acids is 3. The van der Waals surface area contributed by atoms with E-state index in [9.17, 15) is 19.5 Å². The number of rotatable bonds is 71. The Morgan fingerprint density at radius 1 is 0.341 bits per heavy atom. The fraction of sp³-hybridized carbons (Fsp3) is 0.768. The molecule has 0 bridgehead atoms. The van der Waals surface area contributed by atoms with Gasteiger partial charge in [0.1, 0.15) is 13.2 Å². The van der Waals surface area contributed by atoms with Crippen molar-refractivity contribution in [3.8, 4) is 0 Å². The van der Waals surface area contributed by atoms with Crippen LogP contribution in [0, 0.1) is 0 Å². The molecule has 91 heavy (non-hydrogen) atoms. The summed E-state index contributed by atoms with van der Waals surface area (Å²) in [4.78, 5) is 37.6. The van der Waals surface area contributed by atoms with E-state index in [1.807, 2.05) is 21.1 Å². The molecule has 0 aromatic carbocycles. The molecule has 0 aromatic rings. The van der Waals surface area contributed by atoms with Gasteiger partial charge < -0.3 is 33.3 Å². The fourth-order valence-electron chi connectivity index (χ4n) is 11.0. The number of unbranched alkanes of at least 4 members (excludes halogenated alkanes) is 40. The van der Waals surface area contributed by atoms with Crippen molar-refractivity contribution in [2.24, 2.45) is 0 Å². The number of ether oxygens (including phenoxy) is 4. The minimum atomic E-state index is -1.63. The lowest BCUT2D eigenvalue weighted by molar-refractivity contribution is -0.870. The monoisotopic (exact) mass is 1270 g/mol. The maximum atomic E-state index is 13.0. The molecule has 0 N–H and O–H groups in total. The molecule has 0 spiro atoms. The van der Waals surface area contributed by atoms with E-state index in [1.165, 1.54) is 225 Å². The van der Waals surface area contributed by atoms with Gasteiger partial charge in [-0.3, -0.25) is 9.59 Å². The summed E-state index contributed by atoms with van der Waals surface area (Å²) in [7, 11) is 5.94. The molecule has 2 unspecified atom stereocenters. The SMILES string of the molecule is CC/C=C\C/C=C\C/C=C\C/C=C\C/C=C\C/C=C\CCCCCCCCCCCCC(=O)OC(COC(=O)CCCCCCCCCCCCCCCCCCCCCCCCCCC/C=C\C/C=C\CCCCCCC)COC(OCC[N+](C)(C)C)C(=O)[O-]. The summed E-state index contributed by atoms with van der Waals surface area (Å²) in [5.74, 6) is -2.28. The summed E-state index contributed by atoms with van der Waals surface area (Å²) in [5, 5.41) is 11.8. The molecular formula is C82H145NO8. The van der Waals surface area contributed by atoms with Crippen molar-refractivity contribution in [2.75, 3.05) is 47.5 Å². The van der Waals surface area contributed by atoms with Crippen LogP contribution < -0.4 is 5.11 Å². The zero-order valence-corrected chi connectivity index (χ0v) is 60.2. The zero-order valence-electron chi connectivity index (χ0n) is 60.2. The van der Waals surface area contributed by atoms with Gasteiger partial charge in [-0.25, -0.2) is 0 Å². The van der Waals surface area contributed by atoms with Gasteiger partial charge in [-0.05, 0) is 96.3 Å². The number of likely N-dealkylation sites (N-methyl/N-ethyl adjacent to an activating group) is 1. The molecule has 0 amide bonds. The molecule has 0 aliphatic rings. The average Bonchev–Trinajstić information content (AvgIpc) is 3.66. The Balaban J connectivity index is 4.03. The van der Waals surface area contributed by atoms with E-state index in [0.717, 1.165) is 89.9 Å². The molecule has 0 radical (unpaired) electrons. The standard InChI is InChI=1S/C82H145NO8/c1-6-8-10-12-14-16-18-20-22-24-26-28-30-32-34-36-37-38-39-40-41-42-43-45-46-48-50-52-54-56-58-60-62-64-66-68-70-72-79(84)89-76-78(77-90-82(81(86)87)88-75-74-83(3,4)5)91-80(85)73-71-69-67-65-63-61-59-57-55-53-51-49-47-44-35-33-31-29-27-25-23-21-19-17-15-13-11-9-7-2/h9,11,15,17-18,20-21,23-24,26-27,29,33,35,47,49,78,82H,6-8,10,12-14,16,19,22,25,28,30-32,34,36-46,48,50-77H2,1-5H3/b11-9-,17-15-,20-18-,23-21-,26-24-,29-27-,35-33-,49-47-. The first-order valence-electron chi connectivity index (χ1n) is 38.4. The second kappa shape index (κ2) is 72.0. The molecule has 526 valence electrons. The van der Waals surface area contributed by atoms with Gasteiger partial charge in [0.15, 0.2) is 12.4 Å². The molecule has 2 atom stereocenters. The second-order valence-corrected chi connectivity index (χ2v) is 26.9. The fourth-order valence-corrected chi connectivity index (χ4v) is 11.0. The van der Waals surface area contributed by atoms with Crippen LogP contribution in [0.3, 0.4) is 0 Å². The molecule has 0 heterocycles. The van der Waals surface area contributed by atoms with E-state index in [0.29, 0.717) is 23.9 Å². The van der Waals surface area contributed by atoms with Crippen LogP contribution >= 0.6 is 0 Å².